The highest BCUT2D eigenvalue weighted by molar-refractivity contribution is 6.21. The highest BCUT2D eigenvalue weighted by Crippen LogP contribution is 2.64. The molecule has 0 aromatic carbocycles. The van der Waals surface area contributed by atoms with Gasteiger partial charge in [-0.05, 0) is 42.9 Å². The van der Waals surface area contributed by atoms with Gasteiger partial charge in [0, 0.05) is 6.42 Å². The number of rotatable bonds is 10. The van der Waals surface area contributed by atoms with E-state index in [4.69, 9.17) is 16.3 Å². The maximum absolute atomic E-state index is 14.1. The molecule has 3 saturated carbocycles. The molecule has 7 atom stereocenters. The minimum Gasteiger partial charge on any atom is -0.391 e. The summed E-state index contributed by atoms with van der Waals surface area (Å²) in [7, 11) is 0. The average Bonchev–Trinajstić information content (AvgIpc) is 3.43. The number of aliphatic hydroxyl groups excluding tert-OH is 1. The molecular weight excluding hydrogens is 631 g/mol. The van der Waals surface area contributed by atoms with Crippen LogP contribution in [0.3, 0.4) is 0 Å². The second kappa shape index (κ2) is 9.51. The number of hydrogen-bond acceptors (Lipinski definition) is 2. The Kier molecular flexibility index (Phi) is 7.97. The molecule has 3 fully saturated rings. The third-order valence-corrected chi connectivity index (χ3v) is 8.41. The van der Waals surface area contributed by atoms with Gasteiger partial charge in [-0.25, -0.2) is 0 Å². The van der Waals surface area contributed by atoms with E-state index in [0.717, 1.165) is 0 Å². The summed E-state index contributed by atoms with van der Waals surface area (Å²) in [6.45, 7) is -1.60. The quantitative estimate of drug-likeness (QED) is 0.198. The standard InChI is InChI=1S/C20H18ClF17O2/c21-9-5-8-7-3-6(11(8)12(9)39)4-10(7)40-2-1-13(22,23)14(24,25)15(26,27)16(28,29)17(30,31)18(32,33)19(34,35)20(36,37)38/h6-12,39H,1-5H2/t6-,7-,8?,9?,10?,11?,12?/m1/s1. The predicted molar refractivity (Wildman–Crippen MR) is 98.5 cm³/mol. The SMILES string of the molecule is OC1C(Cl)CC2C1[C@H]1CC(OCCC(F)(F)C(F)(F)C(F)(F)C(F)(F)C(F)(F)C(F)(F)C(F)(F)C(F)(F)F)[C@@H]2C1. The molecule has 3 aliphatic carbocycles. The molecule has 0 saturated heterocycles. The van der Waals surface area contributed by atoms with E-state index >= 15 is 0 Å². The summed E-state index contributed by atoms with van der Waals surface area (Å²) < 4.78 is 232. The first kappa shape index (κ1) is 33.5. The van der Waals surface area contributed by atoms with Crippen LogP contribution in [0.2, 0.25) is 0 Å². The first-order valence-electron chi connectivity index (χ1n) is 11.3. The van der Waals surface area contributed by atoms with Gasteiger partial charge in [-0.1, -0.05) is 0 Å². The van der Waals surface area contributed by atoms with Crippen molar-refractivity contribution in [3.8, 4) is 0 Å². The van der Waals surface area contributed by atoms with Gasteiger partial charge < -0.3 is 9.84 Å². The van der Waals surface area contributed by atoms with Crippen molar-refractivity contribution in [3.63, 3.8) is 0 Å². The molecular formula is C20H18ClF17O2. The van der Waals surface area contributed by atoms with E-state index in [2.05, 4.69) is 0 Å². The smallest absolute Gasteiger partial charge is 0.391 e. The van der Waals surface area contributed by atoms with Gasteiger partial charge in [-0.3, -0.25) is 0 Å². The Hall–Kier alpha value is -0.980. The summed E-state index contributed by atoms with van der Waals surface area (Å²) in [6, 6.07) is 0. The average molecular weight is 649 g/mol. The molecule has 20 heteroatoms. The van der Waals surface area contributed by atoms with Crippen LogP contribution in [0.1, 0.15) is 25.7 Å². The van der Waals surface area contributed by atoms with E-state index in [1.807, 2.05) is 0 Å². The van der Waals surface area contributed by atoms with Gasteiger partial charge in [0.25, 0.3) is 0 Å². The van der Waals surface area contributed by atoms with Crippen LogP contribution in [0.4, 0.5) is 74.6 Å². The molecule has 0 amide bonds. The van der Waals surface area contributed by atoms with E-state index in [1.54, 1.807) is 0 Å². The Morgan fingerprint density at radius 1 is 0.600 bits per heavy atom. The van der Waals surface area contributed by atoms with Crippen LogP contribution in [0.5, 0.6) is 0 Å². The molecule has 0 spiro atoms. The molecule has 3 rings (SSSR count). The van der Waals surface area contributed by atoms with Crippen molar-refractivity contribution in [1.29, 1.82) is 0 Å². The lowest BCUT2D eigenvalue weighted by molar-refractivity contribution is -0.462. The third kappa shape index (κ3) is 4.35. The fourth-order valence-corrected chi connectivity index (χ4v) is 6.23. The summed E-state index contributed by atoms with van der Waals surface area (Å²) in [4.78, 5) is 0. The molecule has 0 aromatic rings. The predicted octanol–water partition coefficient (Wildman–Crippen LogP) is 7.42. The largest absolute Gasteiger partial charge is 0.460 e. The van der Waals surface area contributed by atoms with Crippen LogP contribution in [0.25, 0.3) is 0 Å². The van der Waals surface area contributed by atoms with E-state index in [1.165, 1.54) is 0 Å². The molecule has 2 bridgehead atoms. The fraction of sp³-hybridized carbons (Fsp3) is 1.00. The van der Waals surface area contributed by atoms with Crippen molar-refractivity contribution in [3.05, 3.63) is 0 Å². The van der Waals surface area contributed by atoms with Crippen LogP contribution < -0.4 is 0 Å². The van der Waals surface area contributed by atoms with E-state index in [-0.39, 0.29) is 30.6 Å². The molecule has 0 aliphatic heterocycles. The van der Waals surface area contributed by atoms with Crippen molar-refractivity contribution in [1.82, 2.24) is 0 Å². The van der Waals surface area contributed by atoms with Crippen molar-refractivity contribution in [2.75, 3.05) is 6.61 Å². The lowest BCUT2D eigenvalue weighted by atomic mass is 9.79. The number of halogens is 18. The molecule has 0 radical (unpaired) electrons. The Morgan fingerprint density at radius 2 is 1.05 bits per heavy atom. The first-order valence-corrected chi connectivity index (χ1v) is 11.7. The number of ether oxygens (including phenoxy) is 1. The van der Waals surface area contributed by atoms with Gasteiger partial charge in [0.2, 0.25) is 0 Å². The second-order valence-electron chi connectivity index (χ2n) is 10.2. The number of alkyl halides is 18. The Labute approximate surface area is 218 Å². The fourth-order valence-electron chi connectivity index (χ4n) is 5.86. The van der Waals surface area contributed by atoms with E-state index < -0.39 is 84.2 Å². The molecule has 1 N–H and O–H groups in total. The summed E-state index contributed by atoms with van der Waals surface area (Å²) in [5, 5.41) is 9.44. The molecule has 236 valence electrons. The molecule has 5 unspecified atom stereocenters. The summed E-state index contributed by atoms with van der Waals surface area (Å²) in [6.07, 6.45) is -11.6. The molecule has 0 aromatic heterocycles. The van der Waals surface area contributed by atoms with Gasteiger partial charge >= 0.3 is 47.6 Å². The third-order valence-electron chi connectivity index (χ3n) is 7.97. The molecule has 40 heavy (non-hydrogen) atoms. The van der Waals surface area contributed by atoms with Gasteiger partial charge in [-0.2, -0.15) is 74.6 Å². The first-order chi connectivity index (χ1) is 17.6. The van der Waals surface area contributed by atoms with E-state index in [9.17, 15) is 79.7 Å². The summed E-state index contributed by atoms with van der Waals surface area (Å²) in [5.74, 6) is -57.6. The zero-order valence-electron chi connectivity index (χ0n) is 19.2. The summed E-state index contributed by atoms with van der Waals surface area (Å²) >= 11 is 5.97. The second-order valence-corrected chi connectivity index (χ2v) is 10.7. The lowest BCUT2D eigenvalue weighted by Crippen LogP contribution is -2.74. The maximum atomic E-state index is 14.1. The zero-order chi connectivity index (χ0) is 31.3. The lowest BCUT2D eigenvalue weighted by Gasteiger charge is -2.42. The van der Waals surface area contributed by atoms with Gasteiger partial charge in [0.1, 0.15) is 0 Å². The highest BCUT2D eigenvalue weighted by Gasteiger charge is 2.95. The molecule has 3 aliphatic rings. The van der Waals surface area contributed by atoms with E-state index in [0.29, 0.717) is 6.42 Å². The van der Waals surface area contributed by atoms with Crippen LogP contribution >= 0.6 is 11.6 Å². The topological polar surface area (TPSA) is 29.5 Å². The minimum atomic E-state index is -8.63. The number of hydrogen-bond donors (Lipinski definition) is 1. The van der Waals surface area contributed by atoms with Crippen molar-refractivity contribution >= 4 is 11.6 Å². The Bertz CT molecular complexity index is 952. The molecule has 0 heterocycles. The maximum Gasteiger partial charge on any atom is 0.460 e. The highest BCUT2D eigenvalue weighted by atomic mass is 35.5. The van der Waals surface area contributed by atoms with Gasteiger partial charge in [-0.15, -0.1) is 11.6 Å². The minimum absolute atomic E-state index is 0.0669. The normalized spacial score (nSPS) is 32.6. The summed E-state index contributed by atoms with van der Waals surface area (Å²) in [5.41, 5.74) is 0. The van der Waals surface area contributed by atoms with Crippen molar-refractivity contribution in [2.45, 2.75) is 90.9 Å². The Morgan fingerprint density at radius 3 is 1.52 bits per heavy atom. The van der Waals surface area contributed by atoms with Crippen molar-refractivity contribution in [2.24, 2.45) is 23.7 Å². The number of fused-ring (bicyclic) bond motifs is 5. The van der Waals surface area contributed by atoms with Gasteiger partial charge in [0.05, 0.1) is 24.2 Å². The van der Waals surface area contributed by atoms with Crippen LogP contribution in [-0.2, 0) is 4.74 Å². The van der Waals surface area contributed by atoms with Crippen molar-refractivity contribution < 1.29 is 84.5 Å². The van der Waals surface area contributed by atoms with Crippen LogP contribution in [0, 0.1) is 23.7 Å². The molecule has 2 nitrogen and oxygen atoms in total. The van der Waals surface area contributed by atoms with Gasteiger partial charge in [0.15, 0.2) is 0 Å². The number of aliphatic hydroxyl groups is 1. The Balaban J connectivity index is 1.76. The van der Waals surface area contributed by atoms with Crippen LogP contribution in [-0.4, -0.2) is 76.9 Å². The zero-order valence-corrected chi connectivity index (χ0v) is 20.0. The monoisotopic (exact) mass is 648 g/mol. The van der Waals surface area contributed by atoms with Crippen LogP contribution in [0.15, 0.2) is 0 Å².